The zero-order valence-corrected chi connectivity index (χ0v) is 18.2. The number of nitrogens with one attached hydrogen (secondary N) is 1. The molecular weight excluding hydrogens is 496 g/mol. The highest BCUT2D eigenvalue weighted by molar-refractivity contribution is 5.99. The number of nitrogens with two attached hydrogens (primary N) is 1. The van der Waals surface area contributed by atoms with Gasteiger partial charge in [-0.05, 0) is 28.5 Å². The van der Waals surface area contributed by atoms with Gasteiger partial charge in [-0.3, -0.25) is 25.0 Å². The highest BCUT2D eigenvalue weighted by Gasteiger charge is 2.26. The number of rotatable bonds is 7. The number of nitro benzene ring substituents is 2. The van der Waals surface area contributed by atoms with Gasteiger partial charge in [-0.1, -0.05) is 5.21 Å². The monoisotopic (exact) mass is 508 g/mol. The van der Waals surface area contributed by atoms with Crippen LogP contribution in [0.2, 0.25) is 0 Å². The third kappa shape index (κ3) is 4.20. The van der Waals surface area contributed by atoms with Gasteiger partial charge in [0.2, 0.25) is 18.4 Å². The minimum absolute atomic E-state index is 0.0373. The van der Waals surface area contributed by atoms with Crippen LogP contribution in [0.15, 0.2) is 46.1 Å². The summed E-state index contributed by atoms with van der Waals surface area (Å²) in [6, 6.07) is 7.70. The van der Waals surface area contributed by atoms with Crippen LogP contribution >= 0.6 is 0 Å². The molecule has 0 atom stereocenters. The largest absolute Gasteiger partial charge is 0.454 e. The highest BCUT2D eigenvalue weighted by Crippen LogP contribution is 2.37. The number of nitrogen functional groups attached to an aromatic ring is 1. The summed E-state index contributed by atoms with van der Waals surface area (Å²) in [5, 5.41) is 41.1. The van der Waals surface area contributed by atoms with Crippen molar-refractivity contribution < 1.29 is 28.7 Å². The number of carbonyl (C=O) groups is 1. The van der Waals surface area contributed by atoms with E-state index < -0.39 is 15.8 Å². The Balaban J connectivity index is 1.48. The van der Waals surface area contributed by atoms with Crippen LogP contribution in [0.4, 0.5) is 17.2 Å². The Labute approximate surface area is 203 Å². The molecule has 0 saturated heterocycles. The second kappa shape index (κ2) is 9.02. The fourth-order valence-electron chi connectivity index (χ4n) is 3.34. The van der Waals surface area contributed by atoms with Gasteiger partial charge in [-0.15, -0.1) is 5.10 Å². The van der Waals surface area contributed by atoms with E-state index in [0.717, 1.165) is 10.9 Å². The number of amides is 1. The Morgan fingerprint density at radius 1 is 1.11 bits per heavy atom. The molecule has 37 heavy (non-hydrogen) atoms. The summed E-state index contributed by atoms with van der Waals surface area (Å²) in [5.41, 5.74) is 7.55. The van der Waals surface area contributed by atoms with E-state index >= 15 is 0 Å². The van der Waals surface area contributed by atoms with Crippen LogP contribution in [-0.2, 0) is 0 Å². The topological polar surface area (TPSA) is 242 Å². The number of aromatic nitrogens is 5. The average Bonchev–Trinajstić information content (AvgIpc) is 3.62. The summed E-state index contributed by atoms with van der Waals surface area (Å²) in [5.74, 6) is -0.624. The van der Waals surface area contributed by atoms with Crippen LogP contribution in [-0.4, -0.2) is 54.1 Å². The van der Waals surface area contributed by atoms with Crippen LogP contribution in [0, 0.1) is 20.2 Å². The number of fused-ring (bicyclic) bond motifs is 1. The van der Waals surface area contributed by atoms with E-state index in [2.05, 4.69) is 35.8 Å². The van der Waals surface area contributed by atoms with Crippen LogP contribution in [0.3, 0.4) is 0 Å². The van der Waals surface area contributed by atoms with Gasteiger partial charge in [0, 0.05) is 17.7 Å². The molecule has 0 fully saturated rings. The first-order valence-electron chi connectivity index (χ1n) is 10.0. The van der Waals surface area contributed by atoms with Crippen molar-refractivity contribution in [1.82, 2.24) is 30.7 Å². The van der Waals surface area contributed by atoms with Crippen LogP contribution in [0.5, 0.6) is 11.5 Å². The molecule has 3 N–H and O–H groups in total. The molecule has 0 saturated carbocycles. The number of benzene rings is 2. The molecule has 1 aliphatic heterocycles. The maximum atomic E-state index is 13.0. The molecule has 5 rings (SSSR count). The number of nitrogens with zero attached hydrogens (tertiary/aromatic N) is 8. The van der Waals surface area contributed by atoms with Crippen molar-refractivity contribution in [3.05, 3.63) is 67.9 Å². The molecule has 18 nitrogen and oxygen atoms in total. The molecule has 18 heteroatoms. The van der Waals surface area contributed by atoms with E-state index in [-0.39, 0.29) is 58.3 Å². The molecule has 0 radical (unpaired) electrons. The molecule has 4 aromatic rings. The lowest BCUT2D eigenvalue weighted by atomic mass is 10.1. The van der Waals surface area contributed by atoms with E-state index in [1.54, 1.807) is 0 Å². The summed E-state index contributed by atoms with van der Waals surface area (Å²) in [6.07, 6.45) is 1.05. The summed E-state index contributed by atoms with van der Waals surface area (Å²) < 4.78 is 16.0. The van der Waals surface area contributed by atoms with Crippen molar-refractivity contribution in [2.24, 2.45) is 5.10 Å². The number of hydrogen-bond acceptors (Lipinski definition) is 14. The van der Waals surface area contributed by atoms with Gasteiger partial charge in [0.15, 0.2) is 17.2 Å². The van der Waals surface area contributed by atoms with Gasteiger partial charge in [-0.25, -0.2) is 10.1 Å². The zero-order chi connectivity index (χ0) is 26.1. The molecule has 0 spiro atoms. The summed E-state index contributed by atoms with van der Waals surface area (Å²) in [7, 11) is 0. The van der Waals surface area contributed by atoms with E-state index in [4.69, 9.17) is 15.2 Å². The summed E-state index contributed by atoms with van der Waals surface area (Å²) >= 11 is 0. The quantitative estimate of drug-likeness (QED) is 0.203. The Morgan fingerprint density at radius 3 is 2.49 bits per heavy atom. The molecule has 1 amide bonds. The molecule has 2 aromatic heterocycles. The minimum atomic E-state index is -0.866. The number of hydrazone groups is 1. The van der Waals surface area contributed by atoms with Crippen LogP contribution in [0.25, 0.3) is 17.1 Å². The smallest absolute Gasteiger partial charge is 0.294 e. The van der Waals surface area contributed by atoms with Crippen molar-refractivity contribution >= 4 is 29.3 Å². The van der Waals surface area contributed by atoms with Crippen LogP contribution in [0.1, 0.15) is 16.1 Å². The molecular formula is C19H12N10O8. The van der Waals surface area contributed by atoms with Crippen molar-refractivity contribution in [3.63, 3.8) is 0 Å². The van der Waals surface area contributed by atoms with Crippen molar-refractivity contribution in [2.75, 3.05) is 12.5 Å². The Hall–Kier alpha value is -5.94. The number of ether oxygens (including phenoxy) is 2. The molecule has 186 valence electrons. The third-order valence-corrected chi connectivity index (χ3v) is 5.02. The lowest BCUT2D eigenvalue weighted by molar-refractivity contribution is -0.385. The van der Waals surface area contributed by atoms with Gasteiger partial charge in [-0.2, -0.15) is 9.78 Å². The fraction of sp³-hybridized carbons (Fsp3) is 0.0526. The van der Waals surface area contributed by atoms with Crippen molar-refractivity contribution in [3.8, 4) is 28.6 Å². The molecule has 0 bridgehead atoms. The number of anilines is 1. The number of carbonyl (C=O) groups excluding carboxylic acids is 1. The summed E-state index contributed by atoms with van der Waals surface area (Å²) in [6.45, 7) is -0.0869. The number of non-ortho nitro benzene ring substituents is 1. The predicted octanol–water partition coefficient (Wildman–Crippen LogP) is 1.21. The average molecular weight is 508 g/mol. The van der Waals surface area contributed by atoms with Gasteiger partial charge in [0.1, 0.15) is 5.69 Å². The van der Waals surface area contributed by atoms with Gasteiger partial charge < -0.3 is 15.2 Å². The third-order valence-electron chi connectivity index (χ3n) is 5.02. The Bertz CT molecular complexity index is 1580. The van der Waals surface area contributed by atoms with Crippen molar-refractivity contribution in [2.45, 2.75) is 0 Å². The lowest BCUT2D eigenvalue weighted by Gasteiger charge is -2.06. The first kappa shape index (κ1) is 22.8. The SMILES string of the molecule is Nc1nonc1-n1nnc(C(=O)N/N=C/c2cc3c(cc2[N+](=O)[O-])OCO3)c1-c1ccc([N+](=O)[O-])cc1. The van der Waals surface area contributed by atoms with Gasteiger partial charge in [0.25, 0.3) is 17.3 Å². The molecule has 0 unspecified atom stereocenters. The zero-order valence-electron chi connectivity index (χ0n) is 18.2. The van der Waals surface area contributed by atoms with Gasteiger partial charge in [0.05, 0.1) is 27.7 Å². The molecule has 1 aliphatic rings. The van der Waals surface area contributed by atoms with E-state index in [0.29, 0.717) is 5.56 Å². The maximum absolute atomic E-state index is 13.0. The van der Waals surface area contributed by atoms with Gasteiger partial charge >= 0.3 is 0 Å². The molecule has 3 heterocycles. The molecule has 2 aromatic carbocycles. The minimum Gasteiger partial charge on any atom is -0.454 e. The lowest BCUT2D eigenvalue weighted by Crippen LogP contribution is -2.19. The first-order valence-corrected chi connectivity index (χ1v) is 10.0. The summed E-state index contributed by atoms with van der Waals surface area (Å²) in [4.78, 5) is 34.2. The van der Waals surface area contributed by atoms with Crippen molar-refractivity contribution in [1.29, 1.82) is 0 Å². The maximum Gasteiger partial charge on any atom is 0.294 e. The standard InChI is InChI=1S/C19H12N10O8/c20-17-18(25-37-24-17)27-16(9-1-3-11(4-2-9)28(31)32)15(22-26-27)19(30)23-21-7-10-5-13-14(36-8-35-13)6-12(10)29(33)34/h1-7H,8H2,(H2,20,24)(H,23,30)/b21-7+. The van der Waals surface area contributed by atoms with E-state index in [1.807, 2.05) is 0 Å². The Kier molecular flexibility index (Phi) is 5.56. The Morgan fingerprint density at radius 2 is 1.84 bits per heavy atom. The predicted molar refractivity (Wildman–Crippen MR) is 120 cm³/mol. The first-order chi connectivity index (χ1) is 17.8. The van der Waals surface area contributed by atoms with E-state index in [9.17, 15) is 25.0 Å². The normalized spacial score (nSPS) is 12.1. The highest BCUT2D eigenvalue weighted by atomic mass is 16.7. The number of hydrogen-bond donors (Lipinski definition) is 2. The second-order valence-electron chi connectivity index (χ2n) is 7.20. The number of nitro groups is 2. The fourth-order valence-corrected chi connectivity index (χ4v) is 3.34. The molecule has 0 aliphatic carbocycles. The van der Waals surface area contributed by atoms with E-state index in [1.165, 1.54) is 36.4 Å². The second-order valence-corrected chi connectivity index (χ2v) is 7.20. The van der Waals surface area contributed by atoms with Crippen LogP contribution < -0.4 is 20.6 Å².